The van der Waals surface area contributed by atoms with Gasteiger partial charge in [-0.25, -0.2) is 0 Å². The van der Waals surface area contributed by atoms with Crippen LogP contribution in [0.2, 0.25) is 0 Å². The second kappa shape index (κ2) is 13.0. The van der Waals surface area contributed by atoms with E-state index in [2.05, 4.69) is 96.0 Å². The summed E-state index contributed by atoms with van der Waals surface area (Å²) in [6, 6.07) is 28.4. The van der Waals surface area contributed by atoms with Gasteiger partial charge in [0.15, 0.2) is 0 Å². The Bertz CT molecular complexity index is 1940. The number of allylic oxidation sites excluding steroid dienone is 6. The van der Waals surface area contributed by atoms with Crippen molar-refractivity contribution in [2.24, 2.45) is 0 Å². The van der Waals surface area contributed by atoms with Crippen molar-refractivity contribution in [3.05, 3.63) is 149 Å². The van der Waals surface area contributed by atoms with Gasteiger partial charge in [0.25, 0.3) is 0 Å². The summed E-state index contributed by atoms with van der Waals surface area (Å²) >= 11 is 0. The van der Waals surface area contributed by atoms with Gasteiger partial charge in [-0.15, -0.1) is 0 Å². The molecule has 4 aromatic carbocycles. The van der Waals surface area contributed by atoms with E-state index in [1.807, 2.05) is 44.3 Å². The van der Waals surface area contributed by atoms with Crippen molar-refractivity contribution in [2.75, 3.05) is 11.5 Å². The third-order valence-electron chi connectivity index (χ3n) is 8.44. The van der Waals surface area contributed by atoms with Crippen LogP contribution in [0.1, 0.15) is 60.1 Å². The third kappa shape index (κ3) is 5.61. The van der Waals surface area contributed by atoms with Crippen LogP contribution >= 0.6 is 0 Å². The number of nitrogens with zero attached hydrogens (tertiary/aromatic N) is 1. The molecule has 7 rings (SSSR count). The molecular weight excluding hydrogens is 534 g/mol. The average Bonchev–Trinajstić information content (AvgIpc) is 3.41. The number of nitrogens with two attached hydrogens (primary N) is 2. The zero-order chi connectivity index (χ0) is 30.5. The number of pyridine rings is 1. The van der Waals surface area contributed by atoms with Crippen LogP contribution in [0.3, 0.4) is 0 Å². The summed E-state index contributed by atoms with van der Waals surface area (Å²) < 4.78 is 0. The summed E-state index contributed by atoms with van der Waals surface area (Å²) in [4.78, 5) is 4.17. The Labute approximate surface area is 261 Å². The molecule has 4 N–H and O–H groups in total. The van der Waals surface area contributed by atoms with Gasteiger partial charge in [0.05, 0.1) is 11.4 Å². The summed E-state index contributed by atoms with van der Waals surface area (Å²) in [6.45, 7) is 4.00. The van der Waals surface area contributed by atoms with Crippen LogP contribution in [0, 0.1) is 0 Å². The third-order valence-corrected chi connectivity index (χ3v) is 8.44. The summed E-state index contributed by atoms with van der Waals surface area (Å²) in [6.07, 6.45) is 20.5. The zero-order valence-electron chi connectivity index (χ0n) is 25.6. The van der Waals surface area contributed by atoms with Gasteiger partial charge in [-0.2, -0.15) is 0 Å². The molecule has 0 saturated heterocycles. The van der Waals surface area contributed by atoms with Crippen molar-refractivity contribution < 1.29 is 0 Å². The van der Waals surface area contributed by atoms with E-state index < -0.39 is 0 Å². The minimum Gasteiger partial charge on any atom is -0.397 e. The van der Waals surface area contributed by atoms with E-state index in [-0.39, 0.29) is 0 Å². The molecule has 218 valence electrons. The molecule has 2 aliphatic rings. The predicted molar refractivity (Wildman–Crippen MR) is 191 cm³/mol. The number of fused-ring (bicyclic) bond motifs is 2. The van der Waals surface area contributed by atoms with Gasteiger partial charge >= 0.3 is 0 Å². The van der Waals surface area contributed by atoms with Crippen LogP contribution in [0.25, 0.3) is 45.2 Å². The molecule has 0 spiro atoms. The maximum atomic E-state index is 6.44. The molecule has 0 saturated carbocycles. The van der Waals surface area contributed by atoms with E-state index in [4.69, 9.17) is 11.5 Å². The number of hydrogen-bond acceptors (Lipinski definition) is 3. The molecule has 1 aromatic heterocycles. The minimum atomic E-state index is 0.611. The van der Waals surface area contributed by atoms with Gasteiger partial charge in [-0.05, 0) is 98.2 Å². The molecule has 0 atom stereocenters. The molecule has 0 bridgehead atoms. The Kier molecular flexibility index (Phi) is 8.56. The van der Waals surface area contributed by atoms with Crippen LogP contribution < -0.4 is 11.5 Å². The standard InChI is InChI=1S/C39H33N3.C2H6/c40-38-28(19-20-29(39(38)41)13-5-10-27-11-7-23-42-25-27)12-3-8-26-9-4-14-30(24-26)31-21-22-36-33-16-2-1-15-32(33)35-18-6-17-34(31)37(35)36;1-2/h1,3-7,9,11-15,17-25H,2,8,10,16,40-41H2;1-2H3/b12-3-,13-5-;. The van der Waals surface area contributed by atoms with Gasteiger partial charge in [0.2, 0.25) is 0 Å². The van der Waals surface area contributed by atoms with Gasteiger partial charge in [0.1, 0.15) is 0 Å². The van der Waals surface area contributed by atoms with Crippen LogP contribution in [-0.2, 0) is 12.8 Å². The first-order valence-electron chi connectivity index (χ1n) is 15.6. The lowest BCUT2D eigenvalue weighted by Gasteiger charge is -2.12. The second-order valence-electron chi connectivity index (χ2n) is 11.1. The van der Waals surface area contributed by atoms with Crippen molar-refractivity contribution in [3.8, 4) is 11.1 Å². The van der Waals surface area contributed by atoms with Crippen molar-refractivity contribution in [3.63, 3.8) is 0 Å². The first-order chi connectivity index (χ1) is 21.7. The molecule has 0 aliphatic heterocycles. The van der Waals surface area contributed by atoms with Gasteiger partial charge in [-0.3, -0.25) is 4.98 Å². The fourth-order valence-corrected chi connectivity index (χ4v) is 6.32. The monoisotopic (exact) mass is 573 g/mol. The summed E-state index contributed by atoms with van der Waals surface area (Å²) in [5.41, 5.74) is 26.6. The van der Waals surface area contributed by atoms with E-state index in [0.717, 1.165) is 42.4 Å². The predicted octanol–water partition coefficient (Wildman–Crippen LogP) is 10.2. The average molecular weight is 574 g/mol. The molecule has 3 nitrogen and oxygen atoms in total. The highest BCUT2D eigenvalue weighted by Gasteiger charge is 2.24. The van der Waals surface area contributed by atoms with Crippen molar-refractivity contribution in [1.29, 1.82) is 0 Å². The number of rotatable bonds is 7. The van der Waals surface area contributed by atoms with Crippen LogP contribution in [-0.4, -0.2) is 4.98 Å². The Morgan fingerprint density at radius 3 is 2.18 bits per heavy atom. The smallest absolute Gasteiger partial charge is 0.0627 e. The highest BCUT2D eigenvalue weighted by Crippen LogP contribution is 2.48. The molecule has 0 fully saturated rings. The number of anilines is 2. The fourth-order valence-electron chi connectivity index (χ4n) is 6.32. The lowest BCUT2D eigenvalue weighted by Crippen LogP contribution is -1.99. The van der Waals surface area contributed by atoms with E-state index in [0.29, 0.717) is 11.4 Å². The van der Waals surface area contributed by atoms with Crippen LogP contribution in [0.5, 0.6) is 0 Å². The molecule has 0 unspecified atom stereocenters. The Balaban J connectivity index is 0.00000168. The summed E-state index contributed by atoms with van der Waals surface area (Å²) in [7, 11) is 0. The SMILES string of the molecule is CC.Nc1c(/C=C\Cc2cccnc2)ccc(/C=C\Cc2cccc(-c3ccc4c5c(cccc35)C3=C4CCC=C3)c2)c1N. The van der Waals surface area contributed by atoms with E-state index in [1.165, 1.54) is 49.7 Å². The lowest BCUT2D eigenvalue weighted by atomic mass is 9.92. The van der Waals surface area contributed by atoms with E-state index in [9.17, 15) is 0 Å². The topological polar surface area (TPSA) is 64.9 Å². The molecule has 1 heterocycles. The Morgan fingerprint density at radius 1 is 0.727 bits per heavy atom. The van der Waals surface area contributed by atoms with Crippen molar-refractivity contribution in [2.45, 2.75) is 39.5 Å². The number of nitrogen functional groups attached to an aromatic ring is 2. The minimum absolute atomic E-state index is 0.611. The highest BCUT2D eigenvalue weighted by atomic mass is 14.7. The number of hydrogen-bond donors (Lipinski definition) is 2. The molecule has 0 amide bonds. The molecule has 3 heteroatoms. The van der Waals surface area contributed by atoms with Gasteiger partial charge < -0.3 is 11.5 Å². The molecule has 5 aromatic rings. The van der Waals surface area contributed by atoms with E-state index >= 15 is 0 Å². The van der Waals surface area contributed by atoms with Crippen LogP contribution in [0.15, 0.2) is 116 Å². The first kappa shape index (κ1) is 28.9. The normalized spacial score (nSPS) is 13.5. The molecule has 0 radical (unpaired) electrons. The fraction of sp³-hybridized carbons (Fsp3) is 0.146. The second-order valence-corrected chi connectivity index (χ2v) is 11.1. The molecular formula is C41H39N3. The first-order valence-corrected chi connectivity index (χ1v) is 15.6. The van der Waals surface area contributed by atoms with Crippen molar-refractivity contribution >= 4 is 45.4 Å². The molecule has 44 heavy (non-hydrogen) atoms. The molecule has 2 aliphatic carbocycles. The van der Waals surface area contributed by atoms with Gasteiger partial charge in [-0.1, -0.05) is 123 Å². The lowest BCUT2D eigenvalue weighted by molar-refractivity contribution is 1.06. The zero-order valence-corrected chi connectivity index (χ0v) is 25.6. The summed E-state index contributed by atoms with van der Waals surface area (Å²) in [5, 5.41) is 2.73. The van der Waals surface area contributed by atoms with Gasteiger partial charge in [0, 0.05) is 12.4 Å². The van der Waals surface area contributed by atoms with E-state index in [1.54, 1.807) is 6.20 Å². The van der Waals surface area contributed by atoms with Crippen molar-refractivity contribution in [1.82, 2.24) is 4.98 Å². The largest absolute Gasteiger partial charge is 0.397 e. The maximum absolute atomic E-state index is 6.44. The summed E-state index contributed by atoms with van der Waals surface area (Å²) in [5.74, 6) is 0. The maximum Gasteiger partial charge on any atom is 0.0627 e. The number of aromatic nitrogens is 1. The quantitative estimate of drug-likeness (QED) is 0.190. The Hall–Kier alpha value is -5.15. The highest BCUT2D eigenvalue weighted by molar-refractivity contribution is 6.19. The van der Waals surface area contributed by atoms with Crippen LogP contribution in [0.4, 0.5) is 11.4 Å². The Morgan fingerprint density at radius 2 is 1.43 bits per heavy atom. The number of benzene rings is 4.